The van der Waals surface area contributed by atoms with Crippen LogP contribution in [0.3, 0.4) is 0 Å². The molecule has 2 unspecified atom stereocenters. The molecule has 0 aliphatic carbocycles. The highest BCUT2D eigenvalue weighted by molar-refractivity contribution is 5.98. The van der Waals surface area contributed by atoms with Crippen molar-refractivity contribution < 1.29 is 24.0 Å². The van der Waals surface area contributed by atoms with Crippen molar-refractivity contribution in [2.24, 2.45) is 4.99 Å². The molecule has 128 valence electrons. The minimum absolute atomic E-state index is 0.0312. The third-order valence-electron chi connectivity index (χ3n) is 3.80. The zero-order chi connectivity index (χ0) is 17.9. The number of nitrogens with zero attached hydrogens (tertiary/aromatic N) is 2. The average molecular weight is 336 g/mol. The molecular formula is C16H17FN2O5. The van der Waals surface area contributed by atoms with Gasteiger partial charge in [0.2, 0.25) is 0 Å². The first-order valence-electron chi connectivity index (χ1n) is 7.30. The van der Waals surface area contributed by atoms with Crippen molar-refractivity contribution >= 4 is 11.7 Å². The number of halogens is 1. The Balaban J connectivity index is 2.61. The second-order valence-electron chi connectivity index (χ2n) is 5.34. The van der Waals surface area contributed by atoms with Crippen LogP contribution in [0.1, 0.15) is 25.3 Å². The van der Waals surface area contributed by atoms with E-state index in [9.17, 15) is 19.3 Å². The van der Waals surface area contributed by atoms with E-state index in [1.54, 1.807) is 6.07 Å². The number of esters is 1. The molecule has 0 fully saturated rings. The first-order valence-corrected chi connectivity index (χ1v) is 7.30. The van der Waals surface area contributed by atoms with Crippen LogP contribution in [0.25, 0.3) is 0 Å². The number of rotatable bonds is 5. The van der Waals surface area contributed by atoms with Crippen molar-refractivity contribution in [3.63, 3.8) is 0 Å². The van der Waals surface area contributed by atoms with Crippen LogP contribution in [-0.2, 0) is 9.53 Å². The molecule has 1 aromatic rings. The Morgan fingerprint density at radius 2 is 2.08 bits per heavy atom. The second-order valence-corrected chi connectivity index (χ2v) is 5.34. The predicted molar refractivity (Wildman–Crippen MR) is 83.8 cm³/mol. The van der Waals surface area contributed by atoms with Gasteiger partial charge < -0.3 is 9.84 Å². The Morgan fingerprint density at radius 3 is 2.67 bits per heavy atom. The highest BCUT2D eigenvalue weighted by Crippen LogP contribution is 2.37. The van der Waals surface area contributed by atoms with E-state index >= 15 is 0 Å². The van der Waals surface area contributed by atoms with E-state index in [4.69, 9.17) is 9.84 Å². The van der Waals surface area contributed by atoms with Crippen LogP contribution < -0.4 is 0 Å². The van der Waals surface area contributed by atoms with Crippen LogP contribution in [0.4, 0.5) is 4.39 Å². The molecule has 0 spiro atoms. The lowest BCUT2D eigenvalue weighted by Gasteiger charge is -2.27. The number of aliphatic imine (C=N–C) groups is 1. The lowest BCUT2D eigenvalue weighted by Crippen LogP contribution is -2.40. The minimum atomic E-state index is -1.37. The van der Waals surface area contributed by atoms with Crippen molar-refractivity contribution in [3.05, 3.63) is 57.0 Å². The third kappa shape index (κ3) is 3.33. The zero-order valence-electron chi connectivity index (χ0n) is 13.2. The summed E-state index contributed by atoms with van der Waals surface area (Å²) in [6.45, 7) is 2.35. The van der Waals surface area contributed by atoms with Crippen LogP contribution >= 0.6 is 0 Å². The molecule has 1 aromatic carbocycles. The number of nitro groups is 1. The van der Waals surface area contributed by atoms with Gasteiger partial charge in [-0.3, -0.25) is 15.1 Å². The summed E-state index contributed by atoms with van der Waals surface area (Å²) in [5.41, 5.74) is 0.385. The van der Waals surface area contributed by atoms with Gasteiger partial charge in [-0.25, -0.2) is 9.18 Å². The van der Waals surface area contributed by atoms with Crippen LogP contribution in [0.2, 0.25) is 0 Å². The number of benzene rings is 1. The fourth-order valence-electron chi connectivity index (χ4n) is 2.83. The molecule has 1 aliphatic heterocycles. The smallest absolute Gasteiger partial charge is 0.336 e. The molecule has 24 heavy (non-hydrogen) atoms. The molecule has 8 heteroatoms. The van der Waals surface area contributed by atoms with Crippen LogP contribution in [0, 0.1) is 15.9 Å². The summed E-state index contributed by atoms with van der Waals surface area (Å²) in [6, 6.07) is 4.22. The van der Waals surface area contributed by atoms with Crippen LogP contribution in [0.5, 0.6) is 0 Å². The van der Waals surface area contributed by atoms with Gasteiger partial charge in [-0.2, -0.15) is 0 Å². The van der Waals surface area contributed by atoms with E-state index in [1.807, 2.05) is 0 Å². The highest BCUT2D eigenvalue weighted by Gasteiger charge is 2.45. The number of allylic oxidation sites excluding steroid dienone is 1. The normalized spacial score (nSPS) is 20.6. The molecular weight excluding hydrogens is 319 g/mol. The van der Waals surface area contributed by atoms with Crippen molar-refractivity contribution in [1.82, 2.24) is 0 Å². The molecule has 1 heterocycles. The van der Waals surface area contributed by atoms with E-state index in [-0.39, 0.29) is 35.8 Å². The molecule has 2 rings (SSSR count). The largest absolute Gasteiger partial charge is 0.460 e. The number of carbonyl (C=O) groups is 1. The Hall–Kier alpha value is -2.61. The maximum atomic E-state index is 14.3. The fourth-order valence-corrected chi connectivity index (χ4v) is 2.83. The highest BCUT2D eigenvalue weighted by atomic mass is 19.1. The predicted octanol–water partition coefficient (Wildman–Crippen LogP) is 1.84. The summed E-state index contributed by atoms with van der Waals surface area (Å²) < 4.78 is 19.2. The standard InChI is InChI=1S/C16H17FN2O5/c1-9-13(16(21)24-8-7-20)14(11-5-3-4-6-12(11)17)15(19(22)23)10(2)18-9/h3-6,14-15,20H,7-8H2,1-2H3. The van der Waals surface area contributed by atoms with Crippen molar-refractivity contribution in [3.8, 4) is 0 Å². The fraction of sp³-hybridized carbons (Fsp3) is 0.375. The molecule has 7 nitrogen and oxygen atoms in total. The van der Waals surface area contributed by atoms with E-state index in [2.05, 4.69) is 4.99 Å². The maximum Gasteiger partial charge on any atom is 0.336 e. The summed E-state index contributed by atoms with van der Waals surface area (Å²) in [4.78, 5) is 27.4. The number of aliphatic hydroxyl groups is 1. The lowest BCUT2D eigenvalue weighted by molar-refractivity contribution is -0.505. The van der Waals surface area contributed by atoms with Crippen LogP contribution in [-0.4, -0.2) is 41.0 Å². The monoisotopic (exact) mass is 336 g/mol. The summed E-state index contributed by atoms with van der Waals surface area (Å²) >= 11 is 0. The van der Waals surface area contributed by atoms with Gasteiger partial charge >= 0.3 is 5.97 Å². The Bertz CT molecular complexity index is 729. The first-order chi connectivity index (χ1) is 11.4. The third-order valence-corrected chi connectivity index (χ3v) is 3.80. The molecule has 1 N–H and O–H groups in total. The number of hydrogen-bond acceptors (Lipinski definition) is 6. The van der Waals surface area contributed by atoms with Gasteiger partial charge in [0.25, 0.3) is 6.04 Å². The van der Waals surface area contributed by atoms with Gasteiger partial charge in [0.05, 0.1) is 23.8 Å². The maximum absolute atomic E-state index is 14.3. The molecule has 0 saturated carbocycles. The second kappa shape index (κ2) is 7.31. The summed E-state index contributed by atoms with van der Waals surface area (Å²) in [7, 11) is 0. The Kier molecular flexibility index (Phi) is 5.40. The number of hydrogen-bond donors (Lipinski definition) is 1. The van der Waals surface area contributed by atoms with Gasteiger partial charge in [0.15, 0.2) is 0 Å². The molecule has 0 bridgehead atoms. The summed E-state index contributed by atoms with van der Waals surface area (Å²) in [5, 5.41) is 20.3. The van der Waals surface area contributed by atoms with Crippen molar-refractivity contribution in [1.29, 1.82) is 0 Å². The van der Waals surface area contributed by atoms with Crippen LogP contribution in [0.15, 0.2) is 40.5 Å². The molecule has 0 aromatic heterocycles. The summed E-state index contributed by atoms with van der Waals surface area (Å²) in [6.07, 6.45) is 0. The molecule has 2 atom stereocenters. The van der Waals surface area contributed by atoms with E-state index in [0.717, 1.165) is 0 Å². The van der Waals surface area contributed by atoms with E-state index < -0.39 is 28.7 Å². The van der Waals surface area contributed by atoms with Gasteiger partial charge in [0, 0.05) is 16.2 Å². The number of aliphatic hydroxyl groups excluding tert-OH is 1. The van der Waals surface area contributed by atoms with Gasteiger partial charge in [-0.05, 0) is 19.9 Å². The quantitative estimate of drug-likeness (QED) is 0.502. The van der Waals surface area contributed by atoms with E-state index in [0.29, 0.717) is 0 Å². The minimum Gasteiger partial charge on any atom is -0.460 e. The average Bonchev–Trinajstić information content (AvgIpc) is 2.52. The van der Waals surface area contributed by atoms with Gasteiger partial charge in [0.1, 0.15) is 12.4 Å². The summed E-state index contributed by atoms with van der Waals surface area (Å²) in [5.74, 6) is -2.65. The Morgan fingerprint density at radius 1 is 1.42 bits per heavy atom. The first kappa shape index (κ1) is 17.7. The number of carbonyl (C=O) groups excluding carboxylic acids is 1. The molecule has 0 saturated heterocycles. The molecule has 0 amide bonds. The van der Waals surface area contributed by atoms with E-state index in [1.165, 1.54) is 32.0 Å². The Labute approximate surface area is 137 Å². The van der Waals surface area contributed by atoms with Crippen molar-refractivity contribution in [2.75, 3.05) is 13.2 Å². The van der Waals surface area contributed by atoms with Gasteiger partial charge in [-0.15, -0.1) is 0 Å². The van der Waals surface area contributed by atoms with Gasteiger partial charge in [-0.1, -0.05) is 18.2 Å². The topological polar surface area (TPSA) is 102 Å². The zero-order valence-corrected chi connectivity index (χ0v) is 13.2. The molecule has 1 aliphatic rings. The number of ether oxygens (including phenoxy) is 1. The molecule has 0 radical (unpaired) electrons. The lowest BCUT2D eigenvalue weighted by atomic mass is 9.80. The van der Waals surface area contributed by atoms with Crippen molar-refractivity contribution in [2.45, 2.75) is 25.8 Å². The SMILES string of the molecule is CC1=NC(C)=C(C(=O)OCCO)C(c2ccccc2F)C1[N+](=O)[O-].